The third kappa shape index (κ3) is 2.02. The lowest BCUT2D eigenvalue weighted by atomic mass is 10.3. The molecule has 1 fully saturated rings. The largest absolute Gasteiger partial charge is 0.368 e. The summed E-state index contributed by atoms with van der Waals surface area (Å²) in [6.07, 6.45) is 2.94. The van der Waals surface area contributed by atoms with Gasteiger partial charge in [0.15, 0.2) is 5.65 Å². The quantitative estimate of drug-likeness (QED) is 0.781. The van der Waals surface area contributed by atoms with Crippen molar-refractivity contribution in [3.8, 4) is 0 Å². The Morgan fingerprint density at radius 2 is 2.24 bits per heavy atom. The van der Waals surface area contributed by atoms with Crippen molar-refractivity contribution in [2.45, 2.75) is 6.42 Å². The van der Waals surface area contributed by atoms with Crippen LogP contribution < -0.4 is 10.6 Å². The predicted octanol–water partition coefficient (Wildman–Crippen LogP) is 0.878. The summed E-state index contributed by atoms with van der Waals surface area (Å²) in [6, 6.07) is 0. The van der Waals surface area contributed by atoms with Gasteiger partial charge in [0, 0.05) is 18.8 Å². The number of hydrogen-bond acceptors (Lipinski definition) is 6. The van der Waals surface area contributed by atoms with Crippen molar-refractivity contribution in [2.24, 2.45) is 0 Å². The number of rotatable bonds is 1. The van der Waals surface area contributed by atoms with Crippen molar-refractivity contribution in [3.63, 3.8) is 0 Å². The Labute approximate surface area is 103 Å². The molecule has 17 heavy (non-hydrogen) atoms. The van der Waals surface area contributed by atoms with E-state index in [2.05, 4.69) is 25.1 Å². The number of nitrogen functional groups attached to an aromatic ring is 1. The Bertz CT molecular complexity index is 516. The van der Waals surface area contributed by atoms with Crippen LogP contribution >= 0.6 is 11.8 Å². The van der Waals surface area contributed by atoms with E-state index in [1.807, 2.05) is 11.8 Å². The first-order valence-corrected chi connectivity index (χ1v) is 6.79. The molecule has 7 heteroatoms. The summed E-state index contributed by atoms with van der Waals surface area (Å²) in [5.41, 5.74) is 6.44. The lowest BCUT2D eigenvalue weighted by Gasteiger charge is -2.21. The van der Waals surface area contributed by atoms with E-state index in [9.17, 15) is 0 Å². The van der Waals surface area contributed by atoms with Gasteiger partial charge in [0.2, 0.25) is 5.95 Å². The first-order valence-electron chi connectivity index (χ1n) is 5.64. The highest BCUT2D eigenvalue weighted by Gasteiger charge is 2.16. The average molecular weight is 250 g/mol. The summed E-state index contributed by atoms with van der Waals surface area (Å²) in [5, 5.41) is 7.80. The molecule has 6 nitrogen and oxygen atoms in total. The van der Waals surface area contributed by atoms with Gasteiger partial charge >= 0.3 is 0 Å². The zero-order chi connectivity index (χ0) is 11.7. The van der Waals surface area contributed by atoms with Crippen LogP contribution in [0.2, 0.25) is 0 Å². The molecule has 3 rings (SSSR count). The SMILES string of the molecule is Nc1nc(N2CCCSCC2)c2cn[nH]c2n1. The van der Waals surface area contributed by atoms with Gasteiger partial charge in [0.05, 0.1) is 11.6 Å². The van der Waals surface area contributed by atoms with Gasteiger partial charge in [0.25, 0.3) is 0 Å². The minimum Gasteiger partial charge on any atom is -0.368 e. The van der Waals surface area contributed by atoms with E-state index >= 15 is 0 Å². The summed E-state index contributed by atoms with van der Waals surface area (Å²) in [7, 11) is 0. The van der Waals surface area contributed by atoms with Crippen molar-refractivity contribution in [2.75, 3.05) is 35.2 Å². The van der Waals surface area contributed by atoms with Crippen molar-refractivity contribution < 1.29 is 0 Å². The van der Waals surface area contributed by atoms with E-state index < -0.39 is 0 Å². The summed E-state index contributed by atoms with van der Waals surface area (Å²) >= 11 is 1.99. The van der Waals surface area contributed by atoms with Gasteiger partial charge in [-0.1, -0.05) is 0 Å². The van der Waals surface area contributed by atoms with E-state index in [-0.39, 0.29) is 0 Å². The molecule has 2 aromatic heterocycles. The summed E-state index contributed by atoms with van der Waals surface area (Å²) < 4.78 is 0. The maximum absolute atomic E-state index is 5.73. The van der Waals surface area contributed by atoms with Crippen LogP contribution in [0.25, 0.3) is 11.0 Å². The van der Waals surface area contributed by atoms with E-state index in [1.54, 1.807) is 6.20 Å². The van der Waals surface area contributed by atoms with Crippen LogP contribution in [0.5, 0.6) is 0 Å². The molecule has 0 bridgehead atoms. The van der Waals surface area contributed by atoms with Crippen molar-refractivity contribution in [1.82, 2.24) is 20.2 Å². The number of aromatic amines is 1. The smallest absolute Gasteiger partial charge is 0.224 e. The molecule has 0 aromatic carbocycles. The average Bonchev–Trinajstić information content (AvgIpc) is 2.62. The fourth-order valence-corrected chi connectivity index (χ4v) is 2.92. The van der Waals surface area contributed by atoms with Crippen molar-refractivity contribution in [3.05, 3.63) is 6.20 Å². The molecular formula is C10H14N6S. The molecule has 0 amide bonds. The molecule has 3 N–H and O–H groups in total. The molecule has 3 heterocycles. The third-order valence-electron chi connectivity index (χ3n) is 2.83. The molecule has 2 aromatic rings. The van der Waals surface area contributed by atoms with Gasteiger partial charge < -0.3 is 10.6 Å². The Kier molecular flexibility index (Phi) is 2.76. The van der Waals surface area contributed by atoms with E-state index in [0.717, 1.165) is 30.0 Å². The molecule has 0 radical (unpaired) electrons. The van der Waals surface area contributed by atoms with Gasteiger partial charge in [-0.15, -0.1) is 0 Å². The standard InChI is InChI=1S/C10H14N6S/c11-10-13-8-7(6-12-15-8)9(14-10)16-2-1-4-17-5-3-16/h6H,1-5H2,(H3,11,12,13,14,15). The lowest BCUT2D eigenvalue weighted by molar-refractivity contribution is 0.805. The van der Waals surface area contributed by atoms with Crippen LogP contribution in [0.3, 0.4) is 0 Å². The monoisotopic (exact) mass is 250 g/mol. The van der Waals surface area contributed by atoms with Crippen LogP contribution in [0, 0.1) is 0 Å². The van der Waals surface area contributed by atoms with Crippen molar-refractivity contribution >= 4 is 34.6 Å². The number of aromatic nitrogens is 4. The number of thioether (sulfide) groups is 1. The maximum Gasteiger partial charge on any atom is 0.224 e. The van der Waals surface area contributed by atoms with Crippen molar-refractivity contribution in [1.29, 1.82) is 0 Å². The summed E-state index contributed by atoms with van der Waals surface area (Å²) in [5.74, 6) is 3.55. The topological polar surface area (TPSA) is 83.7 Å². The van der Waals surface area contributed by atoms with Crippen LogP contribution in [-0.4, -0.2) is 44.8 Å². The van der Waals surface area contributed by atoms with Crippen LogP contribution in [0.15, 0.2) is 6.20 Å². The molecule has 0 spiro atoms. The minimum absolute atomic E-state index is 0.300. The highest BCUT2D eigenvalue weighted by atomic mass is 32.2. The second-order valence-electron chi connectivity index (χ2n) is 3.99. The van der Waals surface area contributed by atoms with Gasteiger partial charge in [-0.25, -0.2) is 0 Å². The Morgan fingerprint density at radius 1 is 1.29 bits per heavy atom. The fourth-order valence-electron chi connectivity index (χ4n) is 2.04. The third-order valence-corrected chi connectivity index (χ3v) is 3.88. The van der Waals surface area contributed by atoms with E-state index in [4.69, 9.17) is 5.73 Å². The molecule has 0 unspecified atom stereocenters. The fraction of sp³-hybridized carbons (Fsp3) is 0.500. The zero-order valence-corrected chi connectivity index (χ0v) is 10.2. The Hall–Kier alpha value is -1.50. The van der Waals surface area contributed by atoms with Crippen LogP contribution in [0.1, 0.15) is 6.42 Å². The minimum atomic E-state index is 0.300. The Morgan fingerprint density at radius 3 is 3.18 bits per heavy atom. The van der Waals surface area contributed by atoms with Gasteiger partial charge in [-0.05, 0) is 12.2 Å². The summed E-state index contributed by atoms with van der Waals surface area (Å²) in [6.45, 7) is 2.02. The number of hydrogen-bond donors (Lipinski definition) is 2. The second-order valence-corrected chi connectivity index (χ2v) is 5.22. The number of anilines is 2. The van der Waals surface area contributed by atoms with Gasteiger partial charge in [0.1, 0.15) is 5.82 Å². The highest BCUT2D eigenvalue weighted by molar-refractivity contribution is 7.99. The molecule has 1 saturated heterocycles. The molecule has 1 aliphatic rings. The first-order chi connectivity index (χ1) is 8.34. The summed E-state index contributed by atoms with van der Waals surface area (Å²) in [4.78, 5) is 10.8. The van der Waals surface area contributed by atoms with Gasteiger partial charge in [-0.2, -0.15) is 26.8 Å². The number of nitrogens with one attached hydrogen (secondary N) is 1. The maximum atomic E-state index is 5.73. The zero-order valence-electron chi connectivity index (χ0n) is 9.39. The molecule has 0 aliphatic carbocycles. The number of nitrogens with zero attached hydrogens (tertiary/aromatic N) is 4. The van der Waals surface area contributed by atoms with Gasteiger partial charge in [-0.3, -0.25) is 5.10 Å². The molecule has 0 saturated carbocycles. The molecule has 90 valence electrons. The molecule has 1 aliphatic heterocycles. The molecular weight excluding hydrogens is 236 g/mol. The number of H-pyrrole nitrogens is 1. The predicted molar refractivity (Wildman–Crippen MR) is 70.3 cm³/mol. The Balaban J connectivity index is 2.05. The van der Waals surface area contributed by atoms with E-state index in [1.165, 1.54) is 12.2 Å². The van der Waals surface area contributed by atoms with Crippen LogP contribution in [0.4, 0.5) is 11.8 Å². The second kappa shape index (κ2) is 4.40. The number of fused-ring (bicyclic) bond motifs is 1. The number of nitrogens with two attached hydrogens (primary N) is 1. The lowest BCUT2D eigenvalue weighted by Crippen LogP contribution is -2.27. The molecule has 0 atom stereocenters. The van der Waals surface area contributed by atoms with E-state index in [0.29, 0.717) is 11.6 Å². The normalized spacial score (nSPS) is 17.3. The highest BCUT2D eigenvalue weighted by Crippen LogP contribution is 2.25. The van der Waals surface area contributed by atoms with Crippen LogP contribution in [-0.2, 0) is 0 Å². The first kappa shape index (κ1) is 10.6.